The van der Waals surface area contributed by atoms with Gasteiger partial charge in [-0.1, -0.05) is 12.1 Å². The van der Waals surface area contributed by atoms with Gasteiger partial charge in [0, 0.05) is 0 Å². The quantitative estimate of drug-likeness (QED) is 0.538. The molecule has 2 fully saturated rings. The van der Waals surface area contributed by atoms with Crippen molar-refractivity contribution in [3.05, 3.63) is 59.9 Å². The Bertz CT molecular complexity index is 872. The average Bonchev–Trinajstić information content (AvgIpc) is 2.72. The lowest BCUT2D eigenvalue weighted by Crippen LogP contribution is -2.51. The lowest BCUT2D eigenvalue weighted by molar-refractivity contribution is -0.151. The van der Waals surface area contributed by atoms with Crippen LogP contribution in [0.1, 0.15) is 18.9 Å². The molecule has 0 bridgehead atoms. The Morgan fingerprint density at radius 1 is 0.903 bits per heavy atom. The summed E-state index contributed by atoms with van der Waals surface area (Å²) in [6.07, 6.45) is 0.308. The molecule has 0 atom stereocenters. The van der Waals surface area contributed by atoms with Crippen molar-refractivity contribution in [2.75, 3.05) is 46.2 Å². The smallest absolute Gasteiger partial charge is 0.306 e. The van der Waals surface area contributed by atoms with E-state index in [0.717, 1.165) is 11.3 Å². The zero-order valence-corrected chi connectivity index (χ0v) is 17.6. The standard InChI is InChI=1S/C24H27FO6/c1-2-29-22(26)11-24(16-28-17-24)18-3-7-20(8-4-18)30-14-23(12-27-13-23)15-31-21-9-5-19(25)6-10-21/h3-10H,2,11-17H2,1H3. The SMILES string of the molecule is CCOC(=O)CC1(c2ccc(OCC3(COc4ccc(F)cc4)COC3)cc2)COC1. The van der Waals surface area contributed by atoms with E-state index in [2.05, 4.69) is 0 Å². The summed E-state index contributed by atoms with van der Waals surface area (Å²) < 4.78 is 40.8. The van der Waals surface area contributed by atoms with Crippen LogP contribution in [0.4, 0.5) is 4.39 Å². The van der Waals surface area contributed by atoms with Gasteiger partial charge >= 0.3 is 5.97 Å². The molecule has 31 heavy (non-hydrogen) atoms. The fraction of sp³-hybridized carbons (Fsp3) is 0.458. The van der Waals surface area contributed by atoms with Crippen molar-refractivity contribution in [2.24, 2.45) is 5.41 Å². The van der Waals surface area contributed by atoms with Crippen molar-refractivity contribution >= 4 is 5.97 Å². The first-order valence-electron chi connectivity index (χ1n) is 10.5. The number of halogens is 1. The number of benzene rings is 2. The predicted octanol–water partition coefficient (Wildman–Crippen LogP) is 3.52. The minimum Gasteiger partial charge on any atom is -0.493 e. The highest BCUT2D eigenvalue weighted by Gasteiger charge is 2.43. The molecular formula is C24H27FO6. The molecule has 7 heteroatoms. The maximum absolute atomic E-state index is 13.0. The van der Waals surface area contributed by atoms with E-state index in [4.69, 9.17) is 23.7 Å². The van der Waals surface area contributed by atoms with E-state index in [9.17, 15) is 9.18 Å². The maximum atomic E-state index is 13.0. The van der Waals surface area contributed by atoms with E-state index in [0.29, 0.717) is 58.4 Å². The molecule has 2 aromatic carbocycles. The minimum absolute atomic E-state index is 0.209. The Kier molecular flexibility index (Phi) is 6.43. The molecule has 2 saturated heterocycles. The van der Waals surface area contributed by atoms with Crippen molar-refractivity contribution in [1.82, 2.24) is 0 Å². The van der Waals surface area contributed by atoms with Crippen LogP contribution in [0.2, 0.25) is 0 Å². The van der Waals surface area contributed by atoms with E-state index < -0.39 is 0 Å². The second kappa shape index (κ2) is 9.24. The van der Waals surface area contributed by atoms with Gasteiger partial charge in [-0.05, 0) is 48.9 Å². The number of carbonyl (C=O) groups excluding carboxylic acids is 1. The first-order chi connectivity index (χ1) is 15.0. The second-order valence-electron chi connectivity index (χ2n) is 8.30. The van der Waals surface area contributed by atoms with Crippen molar-refractivity contribution in [3.8, 4) is 11.5 Å². The topological polar surface area (TPSA) is 63.2 Å². The molecule has 2 aliphatic rings. The van der Waals surface area contributed by atoms with E-state index in [1.54, 1.807) is 19.1 Å². The van der Waals surface area contributed by atoms with Gasteiger partial charge in [0.05, 0.1) is 50.3 Å². The summed E-state index contributed by atoms with van der Waals surface area (Å²) in [5, 5.41) is 0. The lowest BCUT2D eigenvalue weighted by Gasteiger charge is -2.41. The first-order valence-corrected chi connectivity index (χ1v) is 10.5. The lowest BCUT2D eigenvalue weighted by atomic mass is 9.76. The second-order valence-corrected chi connectivity index (χ2v) is 8.30. The summed E-state index contributed by atoms with van der Waals surface area (Å²) in [5.41, 5.74) is 0.483. The van der Waals surface area contributed by atoms with Gasteiger partial charge in [0.25, 0.3) is 0 Å². The molecule has 0 unspecified atom stereocenters. The van der Waals surface area contributed by atoms with E-state index in [1.165, 1.54) is 12.1 Å². The van der Waals surface area contributed by atoms with Crippen LogP contribution in [0.5, 0.6) is 11.5 Å². The largest absolute Gasteiger partial charge is 0.493 e. The molecule has 0 aromatic heterocycles. The van der Waals surface area contributed by atoms with Crippen molar-refractivity contribution in [3.63, 3.8) is 0 Å². The van der Waals surface area contributed by atoms with Gasteiger partial charge in [0.2, 0.25) is 0 Å². The number of ether oxygens (including phenoxy) is 5. The molecule has 0 aliphatic carbocycles. The van der Waals surface area contributed by atoms with Gasteiger partial charge in [-0.3, -0.25) is 4.79 Å². The number of hydrogen-bond donors (Lipinski definition) is 0. The number of carbonyl (C=O) groups is 1. The van der Waals surface area contributed by atoms with Gasteiger partial charge in [-0.15, -0.1) is 0 Å². The monoisotopic (exact) mass is 430 g/mol. The highest BCUT2D eigenvalue weighted by atomic mass is 19.1. The van der Waals surface area contributed by atoms with Gasteiger partial charge in [-0.2, -0.15) is 0 Å². The van der Waals surface area contributed by atoms with E-state index in [1.807, 2.05) is 24.3 Å². The van der Waals surface area contributed by atoms with Gasteiger partial charge in [0.15, 0.2) is 0 Å². The summed E-state index contributed by atoms with van der Waals surface area (Å²) >= 11 is 0. The molecule has 2 heterocycles. The fourth-order valence-corrected chi connectivity index (χ4v) is 3.72. The van der Waals surface area contributed by atoms with Crippen LogP contribution < -0.4 is 9.47 Å². The molecule has 0 saturated carbocycles. The normalized spacial score (nSPS) is 18.4. The van der Waals surface area contributed by atoms with Crippen LogP contribution in [0.15, 0.2) is 48.5 Å². The summed E-state index contributed by atoms with van der Waals surface area (Å²) in [6.45, 7) is 5.16. The fourth-order valence-electron chi connectivity index (χ4n) is 3.72. The molecule has 2 aliphatic heterocycles. The highest BCUT2D eigenvalue weighted by Crippen LogP contribution is 2.37. The van der Waals surface area contributed by atoms with Crippen molar-refractivity contribution in [2.45, 2.75) is 18.8 Å². The van der Waals surface area contributed by atoms with Gasteiger partial charge in [-0.25, -0.2) is 4.39 Å². The highest BCUT2D eigenvalue weighted by molar-refractivity contribution is 5.72. The Labute approximate surface area is 181 Å². The Hall–Kier alpha value is -2.64. The third-order valence-corrected chi connectivity index (χ3v) is 5.73. The summed E-state index contributed by atoms with van der Waals surface area (Å²) in [7, 11) is 0. The summed E-state index contributed by atoms with van der Waals surface area (Å²) in [5.74, 6) is 0.854. The zero-order chi connectivity index (χ0) is 21.7. The van der Waals surface area contributed by atoms with Gasteiger partial charge in [0.1, 0.15) is 30.5 Å². The third-order valence-electron chi connectivity index (χ3n) is 5.73. The zero-order valence-electron chi connectivity index (χ0n) is 17.6. The molecule has 4 rings (SSSR count). The number of hydrogen-bond acceptors (Lipinski definition) is 6. The molecule has 0 radical (unpaired) electrons. The van der Waals surface area contributed by atoms with Gasteiger partial charge < -0.3 is 23.7 Å². The number of esters is 1. The summed E-state index contributed by atoms with van der Waals surface area (Å²) in [4.78, 5) is 12.0. The molecule has 166 valence electrons. The summed E-state index contributed by atoms with van der Waals surface area (Å²) in [6, 6.07) is 13.8. The minimum atomic E-state index is -0.323. The van der Waals surface area contributed by atoms with E-state index >= 15 is 0 Å². The predicted molar refractivity (Wildman–Crippen MR) is 111 cm³/mol. The molecule has 0 amide bonds. The van der Waals surface area contributed by atoms with Crippen molar-refractivity contribution < 1.29 is 32.9 Å². The van der Waals surface area contributed by atoms with Crippen LogP contribution in [-0.2, 0) is 24.4 Å². The molecular weight excluding hydrogens is 403 g/mol. The Morgan fingerprint density at radius 2 is 1.45 bits per heavy atom. The average molecular weight is 430 g/mol. The molecule has 6 nitrogen and oxygen atoms in total. The first kappa shape index (κ1) is 21.6. The molecule has 2 aromatic rings. The van der Waals surface area contributed by atoms with Crippen LogP contribution in [-0.4, -0.2) is 52.2 Å². The van der Waals surface area contributed by atoms with Crippen molar-refractivity contribution in [1.29, 1.82) is 0 Å². The van der Waals surface area contributed by atoms with E-state index in [-0.39, 0.29) is 22.6 Å². The van der Waals surface area contributed by atoms with Crippen LogP contribution >= 0.6 is 0 Å². The Morgan fingerprint density at radius 3 is 1.90 bits per heavy atom. The number of rotatable bonds is 10. The molecule has 0 N–H and O–H groups in total. The van der Waals surface area contributed by atoms with Crippen LogP contribution in [0.3, 0.4) is 0 Å². The third kappa shape index (κ3) is 4.99. The Balaban J connectivity index is 1.33. The molecule has 0 spiro atoms. The van der Waals surface area contributed by atoms with Crippen LogP contribution in [0, 0.1) is 11.2 Å². The maximum Gasteiger partial charge on any atom is 0.306 e. The van der Waals surface area contributed by atoms with Crippen LogP contribution in [0.25, 0.3) is 0 Å².